The van der Waals surface area contributed by atoms with E-state index in [-0.39, 0.29) is 24.4 Å². The second-order valence-electron chi connectivity index (χ2n) is 5.44. The molecule has 1 unspecified atom stereocenters. The van der Waals surface area contributed by atoms with Crippen molar-refractivity contribution in [2.45, 2.75) is 12.5 Å². The Morgan fingerprint density at radius 1 is 1.48 bits per heavy atom. The summed E-state index contributed by atoms with van der Waals surface area (Å²) in [5.41, 5.74) is 0.470. The van der Waals surface area contributed by atoms with Crippen molar-refractivity contribution in [3.05, 3.63) is 30.1 Å². The molecular formula is C15H22FN3O2. The minimum atomic E-state index is -0.368. The molecule has 1 aromatic carbocycles. The third-order valence-corrected chi connectivity index (χ3v) is 3.75. The normalized spacial score (nSPS) is 20.4. The molecule has 0 radical (unpaired) electrons. The molecule has 2 rings (SSSR count). The predicted molar refractivity (Wildman–Crippen MR) is 79.6 cm³/mol. The van der Waals surface area contributed by atoms with Crippen molar-refractivity contribution in [1.82, 2.24) is 9.80 Å². The fraction of sp³-hybridized carbons (Fsp3) is 0.533. The van der Waals surface area contributed by atoms with Crippen LogP contribution in [0.3, 0.4) is 0 Å². The Kier molecular flexibility index (Phi) is 5.67. The average molecular weight is 295 g/mol. The van der Waals surface area contributed by atoms with Gasteiger partial charge in [0.1, 0.15) is 5.82 Å². The molecular weight excluding hydrogens is 273 g/mol. The number of piperazine rings is 1. The van der Waals surface area contributed by atoms with E-state index in [2.05, 4.69) is 15.1 Å². The molecule has 116 valence electrons. The second kappa shape index (κ2) is 7.49. The van der Waals surface area contributed by atoms with E-state index in [1.54, 1.807) is 12.1 Å². The van der Waals surface area contributed by atoms with Gasteiger partial charge in [0.25, 0.3) is 0 Å². The number of hydrogen-bond acceptors (Lipinski definition) is 4. The molecule has 1 heterocycles. The van der Waals surface area contributed by atoms with Crippen LogP contribution in [0.2, 0.25) is 0 Å². The summed E-state index contributed by atoms with van der Waals surface area (Å²) in [6.07, 6.45) is 0.330. The highest BCUT2D eigenvalue weighted by Gasteiger charge is 2.24. The van der Waals surface area contributed by atoms with Crippen LogP contribution < -0.4 is 5.32 Å². The van der Waals surface area contributed by atoms with Crippen molar-refractivity contribution in [1.29, 1.82) is 0 Å². The molecule has 2 N–H and O–H groups in total. The molecule has 5 nitrogen and oxygen atoms in total. The van der Waals surface area contributed by atoms with E-state index >= 15 is 0 Å². The summed E-state index contributed by atoms with van der Waals surface area (Å²) < 4.78 is 13.0. The number of carbonyl (C=O) groups is 1. The van der Waals surface area contributed by atoms with Gasteiger partial charge in [0.2, 0.25) is 5.91 Å². The quantitative estimate of drug-likeness (QED) is 0.842. The fourth-order valence-corrected chi connectivity index (χ4v) is 2.55. The number of aliphatic hydroxyl groups is 1. The highest BCUT2D eigenvalue weighted by atomic mass is 19.1. The maximum Gasteiger partial charge on any atom is 0.225 e. The van der Waals surface area contributed by atoms with Gasteiger partial charge in [0.15, 0.2) is 0 Å². The smallest absolute Gasteiger partial charge is 0.225 e. The van der Waals surface area contributed by atoms with Crippen LogP contribution >= 0.6 is 0 Å². The number of aliphatic hydroxyl groups excluding tert-OH is 1. The molecule has 1 amide bonds. The Hall–Kier alpha value is -1.50. The van der Waals surface area contributed by atoms with Gasteiger partial charge in [0, 0.05) is 44.3 Å². The van der Waals surface area contributed by atoms with Gasteiger partial charge >= 0.3 is 0 Å². The summed E-state index contributed by atoms with van der Waals surface area (Å²) in [7, 11) is 2.02. The van der Waals surface area contributed by atoms with Crippen molar-refractivity contribution >= 4 is 11.6 Å². The summed E-state index contributed by atoms with van der Waals surface area (Å²) in [6, 6.07) is 5.93. The Morgan fingerprint density at radius 2 is 2.29 bits per heavy atom. The molecule has 21 heavy (non-hydrogen) atoms. The lowest BCUT2D eigenvalue weighted by atomic mass is 10.1. The van der Waals surface area contributed by atoms with Crippen LogP contribution in [0.4, 0.5) is 10.1 Å². The lowest BCUT2D eigenvalue weighted by Gasteiger charge is -2.39. The maximum absolute atomic E-state index is 13.0. The Balaban J connectivity index is 1.80. The third kappa shape index (κ3) is 4.77. The molecule has 6 heteroatoms. The number of hydrogen-bond donors (Lipinski definition) is 2. The predicted octanol–water partition coefficient (Wildman–Crippen LogP) is 0.763. The molecule has 1 atom stereocenters. The highest BCUT2D eigenvalue weighted by molar-refractivity contribution is 5.90. The first-order valence-electron chi connectivity index (χ1n) is 7.17. The van der Waals surface area contributed by atoms with E-state index in [0.717, 1.165) is 19.6 Å². The van der Waals surface area contributed by atoms with Crippen LogP contribution in [0.15, 0.2) is 24.3 Å². The summed E-state index contributed by atoms with van der Waals surface area (Å²) in [5, 5.41) is 12.1. The number of amides is 1. The molecule has 0 bridgehead atoms. The van der Waals surface area contributed by atoms with Crippen molar-refractivity contribution in [3.8, 4) is 0 Å². The van der Waals surface area contributed by atoms with Gasteiger partial charge < -0.3 is 15.3 Å². The minimum absolute atomic E-state index is 0.0747. The summed E-state index contributed by atoms with van der Waals surface area (Å²) in [6.45, 7) is 3.27. The van der Waals surface area contributed by atoms with Crippen molar-refractivity contribution < 1.29 is 14.3 Å². The molecule has 0 aliphatic carbocycles. The molecule has 0 spiro atoms. The third-order valence-electron chi connectivity index (χ3n) is 3.75. The standard InChI is InChI=1S/C15H22FN3O2/c1-18-7-8-19(14(10-18)11-20)6-5-15(21)17-13-4-2-3-12(16)9-13/h2-4,9,14,20H,5-8,10-11H2,1H3,(H,17,21). The lowest BCUT2D eigenvalue weighted by Crippen LogP contribution is -2.53. The number of benzene rings is 1. The number of rotatable bonds is 5. The first-order valence-corrected chi connectivity index (χ1v) is 7.17. The van der Waals surface area contributed by atoms with Gasteiger partial charge in [-0.3, -0.25) is 9.69 Å². The van der Waals surface area contributed by atoms with Crippen LogP contribution in [-0.2, 0) is 4.79 Å². The molecule has 0 saturated carbocycles. The van der Waals surface area contributed by atoms with E-state index < -0.39 is 0 Å². The molecule has 1 fully saturated rings. The Morgan fingerprint density at radius 3 is 3.00 bits per heavy atom. The van der Waals surface area contributed by atoms with E-state index in [1.807, 2.05) is 7.05 Å². The molecule has 1 aliphatic rings. The topological polar surface area (TPSA) is 55.8 Å². The van der Waals surface area contributed by atoms with Gasteiger partial charge in [-0.05, 0) is 25.2 Å². The highest BCUT2D eigenvalue weighted by Crippen LogP contribution is 2.11. The zero-order valence-corrected chi connectivity index (χ0v) is 12.3. The number of nitrogens with one attached hydrogen (secondary N) is 1. The molecule has 1 aliphatic heterocycles. The second-order valence-corrected chi connectivity index (χ2v) is 5.44. The monoisotopic (exact) mass is 295 g/mol. The van der Waals surface area contributed by atoms with E-state index in [4.69, 9.17) is 0 Å². The largest absolute Gasteiger partial charge is 0.395 e. The van der Waals surface area contributed by atoms with Crippen molar-refractivity contribution in [3.63, 3.8) is 0 Å². The Labute approximate surface area is 124 Å². The van der Waals surface area contributed by atoms with Crippen molar-refractivity contribution in [2.75, 3.05) is 45.2 Å². The SMILES string of the molecule is CN1CCN(CCC(=O)Nc2cccc(F)c2)C(CO)C1. The summed E-state index contributed by atoms with van der Waals surface area (Å²) in [4.78, 5) is 16.2. The first kappa shape index (κ1) is 15.9. The zero-order chi connectivity index (χ0) is 15.2. The van der Waals surface area contributed by atoms with Crippen LogP contribution in [-0.4, -0.2) is 66.7 Å². The van der Waals surface area contributed by atoms with Gasteiger partial charge in [0.05, 0.1) is 6.61 Å². The van der Waals surface area contributed by atoms with E-state index in [0.29, 0.717) is 18.7 Å². The number of likely N-dealkylation sites (N-methyl/N-ethyl adjacent to an activating group) is 1. The lowest BCUT2D eigenvalue weighted by molar-refractivity contribution is -0.116. The molecule has 1 aromatic rings. The summed E-state index contributed by atoms with van der Waals surface area (Å²) >= 11 is 0. The maximum atomic E-state index is 13.0. The number of nitrogens with zero attached hydrogens (tertiary/aromatic N) is 2. The molecule has 0 aromatic heterocycles. The zero-order valence-electron chi connectivity index (χ0n) is 12.3. The van der Waals surface area contributed by atoms with E-state index in [9.17, 15) is 14.3 Å². The van der Waals surface area contributed by atoms with Crippen LogP contribution in [0.1, 0.15) is 6.42 Å². The average Bonchev–Trinajstić information content (AvgIpc) is 2.45. The van der Waals surface area contributed by atoms with E-state index in [1.165, 1.54) is 12.1 Å². The van der Waals surface area contributed by atoms with Gasteiger partial charge in [-0.1, -0.05) is 6.07 Å². The molecule has 1 saturated heterocycles. The van der Waals surface area contributed by atoms with Crippen LogP contribution in [0.5, 0.6) is 0 Å². The van der Waals surface area contributed by atoms with Gasteiger partial charge in [-0.2, -0.15) is 0 Å². The van der Waals surface area contributed by atoms with Gasteiger partial charge in [-0.15, -0.1) is 0 Å². The number of halogens is 1. The van der Waals surface area contributed by atoms with Gasteiger partial charge in [-0.25, -0.2) is 4.39 Å². The van der Waals surface area contributed by atoms with Crippen molar-refractivity contribution in [2.24, 2.45) is 0 Å². The number of carbonyl (C=O) groups excluding carboxylic acids is 1. The minimum Gasteiger partial charge on any atom is -0.395 e. The van der Waals surface area contributed by atoms with Crippen LogP contribution in [0.25, 0.3) is 0 Å². The summed E-state index contributed by atoms with van der Waals surface area (Å²) in [5.74, 6) is -0.511. The Bertz CT molecular complexity index is 484. The first-order chi connectivity index (χ1) is 10.1. The number of anilines is 1. The fourth-order valence-electron chi connectivity index (χ4n) is 2.55. The van der Waals surface area contributed by atoms with Crippen LogP contribution in [0, 0.1) is 5.82 Å².